The lowest BCUT2D eigenvalue weighted by Gasteiger charge is -2.10. The van der Waals surface area contributed by atoms with Gasteiger partial charge in [-0.2, -0.15) is 0 Å². The molecule has 0 aliphatic rings. The maximum Gasteiger partial charge on any atom is 0.0540 e. The van der Waals surface area contributed by atoms with Gasteiger partial charge >= 0.3 is 0 Å². The number of rotatable bonds is 13. The maximum absolute atomic E-state index is 9.81. The van der Waals surface area contributed by atoms with E-state index < -0.39 is 0 Å². The molecule has 2 atom stereocenters. The van der Waals surface area contributed by atoms with Crippen LogP contribution in [0.1, 0.15) is 90.9 Å². The Morgan fingerprint density at radius 3 is 1.67 bits per heavy atom. The van der Waals surface area contributed by atoms with Gasteiger partial charge in [0, 0.05) is 0 Å². The third-order valence-electron chi connectivity index (χ3n) is 3.55. The number of aliphatic hydroxyl groups excluding tert-OH is 2. The van der Waals surface area contributed by atoms with Crippen LogP contribution < -0.4 is 0 Å². The zero-order valence-electron chi connectivity index (χ0n) is 12.5. The standard InChI is InChI=1S/C16H34O2/c1-3-4-5-6-7-10-13-16(18)14-11-8-9-12-15(2)17/h15-18H,3-14H2,1-2H3. The highest BCUT2D eigenvalue weighted by molar-refractivity contribution is 4.58. The summed E-state index contributed by atoms with van der Waals surface area (Å²) in [5.74, 6) is 0. The van der Waals surface area contributed by atoms with Crippen molar-refractivity contribution in [3.05, 3.63) is 0 Å². The molecule has 0 heterocycles. The second-order valence-corrected chi connectivity index (χ2v) is 5.70. The van der Waals surface area contributed by atoms with Gasteiger partial charge in [-0.05, 0) is 26.2 Å². The minimum absolute atomic E-state index is 0.0947. The molecule has 0 saturated carbocycles. The van der Waals surface area contributed by atoms with Gasteiger partial charge in [0.15, 0.2) is 0 Å². The predicted molar refractivity (Wildman–Crippen MR) is 78.8 cm³/mol. The Balaban J connectivity index is 3.15. The van der Waals surface area contributed by atoms with Gasteiger partial charge in [-0.1, -0.05) is 64.7 Å². The quantitative estimate of drug-likeness (QED) is 0.480. The van der Waals surface area contributed by atoms with E-state index in [9.17, 15) is 5.11 Å². The van der Waals surface area contributed by atoms with E-state index >= 15 is 0 Å². The Bertz CT molecular complexity index is 157. The van der Waals surface area contributed by atoms with Crippen LogP contribution >= 0.6 is 0 Å². The molecule has 0 saturated heterocycles. The SMILES string of the molecule is CCCCCCCCC(O)CCCCCC(C)O. The molecule has 0 aliphatic heterocycles. The lowest BCUT2D eigenvalue weighted by Crippen LogP contribution is -2.06. The normalized spacial score (nSPS) is 14.7. The Hall–Kier alpha value is -0.0800. The molecule has 0 spiro atoms. The van der Waals surface area contributed by atoms with E-state index in [0.29, 0.717) is 0 Å². The minimum Gasteiger partial charge on any atom is -0.393 e. The summed E-state index contributed by atoms with van der Waals surface area (Å²) in [6.07, 6.45) is 13.7. The van der Waals surface area contributed by atoms with E-state index in [4.69, 9.17) is 5.11 Å². The highest BCUT2D eigenvalue weighted by Gasteiger charge is 2.04. The van der Waals surface area contributed by atoms with Gasteiger partial charge in [-0.15, -0.1) is 0 Å². The van der Waals surface area contributed by atoms with Crippen LogP contribution in [-0.4, -0.2) is 22.4 Å². The van der Waals surface area contributed by atoms with Crippen LogP contribution in [-0.2, 0) is 0 Å². The van der Waals surface area contributed by atoms with Crippen LogP contribution in [0.3, 0.4) is 0 Å². The highest BCUT2D eigenvalue weighted by atomic mass is 16.3. The van der Waals surface area contributed by atoms with E-state index in [1.165, 1.54) is 38.5 Å². The summed E-state index contributed by atoms with van der Waals surface area (Å²) in [5.41, 5.74) is 0. The molecule has 0 aromatic carbocycles. The van der Waals surface area contributed by atoms with Crippen LogP contribution in [0.5, 0.6) is 0 Å². The van der Waals surface area contributed by atoms with Gasteiger partial charge in [-0.25, -0.2) is 0 Å². The fourth-order valence-corrected chi connectivity index (χ4v) is 2.30. The average Bonchev–Trinajstić information content (AvgIpc) is 2.33. The third kappa shape index (κ3) is 14.0. The summed E-state index contributed by atoms with van der Waals surface area (Å²) in [5, 5.41) is 18.9. The molecule has 0 radical (unpaired) electrons. The van der Waals surface area contributed by atoms with E-state index in [1.807, 2.05) is 6.92 Å². The molecule has 0 aliphatic carbocycles. The highest BCUT2D eigenvalue weighted by Crippen LogP contribution is 2.13. The monoisotopic (exact) mass is 258 g/mol. The smallest absolute Gasteiger partial charge is 0.0540 e. The minimum atomic E-state index is -0.168. The van der Waals surface area contributed by atoms with Crippen LogP contribution in [0.15, 0.2) is 0 Å². The summed E-state index contributed by atoms with van der Waals surface area (Å²) in [6.45, 7) is 4.08. The number of hydrogen-bond acceptors (Lipinski definition) is 2. The molecule has 2 unspecified atom stereocenters. The van der Waals surface area contributed by atoms with E-state index in [0.717, 1.165) is 38.5 Å². The molecule has 2 N–H and O–H groups in total. The first-order chi connectivity index (χ1) is 8.66. The van der Waals surface area contributed by atoms with Crippen molar-refractivity contribution in [2.24, 2.45) is 0 Å². The fraction of sp³-hybridized carbons (Fsp3) is 1.00. The summed E-state index contributed by atoms with van der Waals surface area (Å²) in [6, 6.07) is 0. The molecule has 0 rings (SSSR count). The van der Waals surface area contributed by atoms with Crippen molar-refractivity contribution in [3.8, 4) is 0 Å². The zero-order chi connectivity index (χ0) is 13.6. The van der Waals surface area contributed by atoms with E-state index in [2.05, 4.69) is 6.92 Å². The van der Waals surface area contributed by atoms with Crippen LogP contribution in [0.25, 0.3) is 0 Å². The van der Waals surface area contributed by atoms with Gasteiger partial charge in [0.25, 0.3) is 0 Å². The van der Waals surface area contributed by atoms with Crippen molar-refractivity contribution in [2.75, 3.05) is 0 Å². The first-order valence-corrected chi connectivity index (χ1v) is 8.03. The molecule has 0 aromatic rings. The summed E-state index contributed by atoms with van der Waals surface area (Å²) in [7, 11) is 0. The Morgan fingerprint density at radius 1 is 0.667 bits per heavy atom. The molecular formula is C16H34O2. The fourth-order valence-electron chi connectivity index (χ4n) is 2.30. The van der Waals surface area contributed by atoms with Crippen molar-refractivity contribution < 1.29 is 10.2 Å². The predicted octanol–water partition coefficient (Wildman–Crippen LogP) is 4.43. The molecule has 0 bridgehead atoms. The van der Waals surface area contributed by atoms with Crippen molar-refractivity contribution in [3.63, 3.8) is 0 Å². The third-order valence-corrected chi connectivity index (χ3v) is 3.55. The molecule has 0 fully saturated rings. The lowest BCUT2D eigenvalue weighted by molar-refractivity contribution is 0.145. The van der Waals surface area contributed by atoms with Crippen molar-refractivity contribution in [1.29, 1.82) is 0 Å². The Morgan fingerprint density at radius 2 is 1.11 bits per heavy atom. The van der Waals surface area contributed by atoms with Crippen LogP contribution in [0.4, 0.5) is 0 Å². The molecule has 18 heavy (non-hydrogen) atoms. The Kier molecular flexibility index (Phi) is 13.3. The lowest BCUT2D eigenvalue weighted by atomic mass is 10.0. The summed E-state index contributed by atoms with van der Waals surface area (Å²) < 4.78 is 0. The number of unbranched alkanes of at least 4 members (excludes halogenated alkanes) is 7. The Labute approximate surface area is 114 Å². The first-order valence-electron chi connectivity index (χ1n) is 8.03. The van der Waals surface area contributed by atoms with Crippen LogP contribution in [0.2, 0.25) is 0 Å². The van der Waals surface area contributed by atoms with Gasteiger partial charge in [0.05, 0.1) is 12.2 Å². The van der Waals surface area contributed by atoms with Gasteiger partial charge < -0.3 is 10.2 Å². The average molecular weight is 258 g/mol. The molecule has 2 heteroatoms. The van der Waals surface area contributed by atoms with Gasteiger partial charge in [0.1, 0.15) is 0 Å². The number of aliphatic hydroxyl groups is 2. The molecule has 2 nitrogen and oxygen atoms in total. The second kappa shape index (κ2) is 13.4. The molecular weight excluding hydrogens is 224 g/mol. The van der Waals surface area contributed by atoms with Crippen molar-refractivity contribution in [2.45, 2.75) is 103 Å². The summed E-state index contributed by atoms with van der Waals surface area (Å²) >= 11 is 0. The van der Waals surface area contributed by atoms with Crippen molar-refractivity contribution in [1.82, 2.24) is 0 Å². The van der Waals surface area contributed by atoms with Gasteiger partial charge in [-0.3, -0.25) is 0 Å². The molecule has 0 aromatic heterocycles. The molecule has 0 amide bonds. The maximum atomic E-state index is 9.81. The van der Waals surface area contributed by atoms with E-state index in [-0.39, 0.29) is 12.2 Å². The topological polar surface area (TPSA) is 40.5 Å². The first kappa shape index (κ1) is 17.9. The number of hydrogen-bond donors (Lipinski definition) is 2. The largest absolute Gasteiger partial charge is 0.393 e. The van der Waals surface area contributed by atoms with Gasteiger partial charge in [0.2, 0.25) is 0 Å². The zero-order valence-corrected chi connectivity index (χ0v) is 12.5. The molecule has 110 valence electrons. The van der Waals surface area contributed by atoms with Crippen LogP contribution in [0, 0.1) is 0 Å². The second-order valence-electron chi connectivity index (χ2n) is 5.70. The van der Waals surface area contributed by atoms with E-state index in [1.54, 1.807) is 0 Å². The summed E-state index contributed by atoms with van der Waals surface area (Å²) in [4.78, 5) is 0. The van der Waals surface area contributed by atoms with Crippen molar-refractivity contribution >= 4 is 0 Å².